The second-order valence-electron chi connectivity index (χ2n) is 4.92. The highest BCUT2D eigenvalue weighted by molar-refractivity contribution is 5.94. The highest BCUT2D eigenvalue weighted by Gasteiger charge is 2.15. The minimum Gasteiger partial charge on any atom is -0.394 e. The Labute approximate surface area is 118 Å². The van der Waals surface area contributed by atoms with Crippen molar-refractivity contribution < 1.29 is 14.7 Å². The molecule has 110 valence electrons. The lowest BCUT2D eigenvalue weighted by molar-refractivity contribution is 0.0897. The lowest BCUT2D eigenvalue weighted by Crippen LogP contribution is -2.41. The van der Waals surface area contributed by atoms with Crippen molar-refractivity contribution in [1.82, 2.24) is 10.6 Å². The van der Waals surface area contributed by atoms with Crippen molar-refractivity contribution in [1.29, 1.82) is 0 Å². The topological polar surface area (TPSA) is 104 Å². The van der Waals surface area contributed by atoms with Gasteiger partial charge in [-0.15, -0.1) is 0 Å². The van der Waals surface area contributed by atoms with E-state index in [9.17, 15) is 14.7 Å². The van der Waals surface area contributed by atoms with Crippen LogP contribution in [0.5, 0.6) is 0 Å². The first-order valence-electron chi connectivity index (χ1n) is 6.48. The number of carbonyl (C=O) groups is 2. The summed E-state index contributed by atoms with van der Waals surface area (Å²) >= 11 is 0. The molecule has 1 aromatic carbocycles. The van der Waals surface area contributed by atoms with Gasteiger partial charge >= 0.3 is 6.03 Å². The fraction of sp³-hybridized carbons (Fsp3) is 0.429. The van der Waals surface area contributed by atoms with Crippen LogP contribution in [0.25, 0.3) is 0 Å². The minimum absolute atomic E-state index is 0.0932. The highest BCUT2D eigenvalue weighted by atomic mass is 16.3. The Balaban J connectivity index is 2.63. The number of hydrogen-bond acceptors (Lipinski definition) is 3. The number of hydrogen-bond donors (Lipinski definition) is 4. The van der Waals surface area contributed by atoms with Gasteiger partial charge in [-0.1, -0.05) is 26.0 Å². The fourth-order valence-electron chi connectivity index (χ4n) is 1.64. The highest BCUT2D eigenvalue weighted by Crippen LogP contribution is 2.07. The molecule has 20 heavy (non-hydrogen) atoms. The standard InChI is InChI=1S/C14H21N3O3/c1-9(2)12(8-18)17-13(19)11-5-3-10(4-6-11)7-16-14(15)20/h3-6,9,12,18H,7-8H2,1-2H3,(H,17,19)(H3,15,16,20)/t12-/m1/s1. The summed E-state index contributed by atoms with van der Waals surface area (Å²) in [5.41, 5.74) is 6.34. The predicted octanol–water partition coefficient (Wildman–Crippen LogP) is 0.602. The summed E-state index contributed by atoms with van der Waals surface area (Å²) in [4.78, 5) is 22.6. The van der Waals surface area contributed by atoms with Crippen LogP contribution >= 0.6 is 0 Å². The van der Waals surface area contributed by atoms with E-state index in [1.807, 2.05) is 13.8 Å². The minimum atomic E-state index is -0.588. The summed E-state index contributed by atoms with van der Waals surface area (Å²) in [7, 11) is 0. The van der Waals surface area contributed by atoms with Gasteiger partial charge in [0.05, 0.1) is 12.6 Å². The fourth-order valence-corrected chi connectivity index (χ4v) is 1.64. The lowest BCUT2D eigenvalue weighted by Gasteiger charge is -2.19. The van der Waals surface area contributed by atoms with Crippen molar-refractivity contribution in [2.45, 2.75) is 26.4 Å². The number of carbonyl (C=O) groups excluding carboxylic acids is 2. The molecule has 0 aliphatic rings. The Morgan fingerprint density at radius 3 is 2.30 bits per heavy atom. The normalized spacial score (nSPS) is 12.0. The van der Waals surface area contributed by atoms with Gasteiger partial charge in [0.25, 0.3) is 5.91 Å². The number of aliphatic hydroxyl groups is 1. The quantitative estimate of drug-likeness (QED) is 0.613. The Hall–Kier alpha value is -2.08. The Bertz CT molecular complexity index is 457. The van der Waals surface area contributed by atoms with Crippen LogP contribution in [0.2, 0.25) is 0 Å². The second-order valence-corrected chi connectivity index (χ2v) is 4.92. The van der Waals surface area contributed by atoms with Gasteiger partial charge in [-0.05, 0) is 23.6 Å². The second kappa shape index (κ2) is 7.49. The first kappa shape index (κ1) is 16.0. The van der Waals surface area contributed by atoms with Crippen LogP contribution in [-0.2, 0) is 6.54 Å². The molecule has 0 saturated carbocycles. The number of rotatable bonds is 6. The van der Waals surface area contributed by atoms with Crippen molar-refractivity contribution in [2.75, 3.05) is 6.61 Å². The van der Waals surface area contributed by atoms with Crippen LogP contribution in [-0.4, -0.2) is 29.7 Å². The smallest absolute Gasteiger partial charge is 0.312 e. The van der Waals surface area contributed by atoms with Gasteiger partial charge in [0.15, 0.2) is 0 Å². The third-order valence-corrected chi connectivity index (χ3v) is 3.00. The van der Waals surface area contributed by atoms with E-state index >= 15 is 0 Å². The zero-order valence-electron chi connectivity index (χ0n) is 11.7. The molecule has 0 unspecified atom stereocenters. The molecule has 0 aromatic heterocycles. The van der Waals surface area contributed by atoms with Crippen LogP contribution in [0, 0.1) is 5.92 Å². The number of primary amides is 1. The van der Waals surface area contributed by atoms with Gasteiger partial charge in [0.1, 0.15) is 0 Å². The number of nitrogens with two attached hydrogens (primary N) is 1. The van der Waals surface area contributed by atoms with Gasteiger partial charge in [0.2, 0.25) is 0 Å². The average Bonchev–Trinajstić information content (AvgIpc) is 2.42. The van der Waals surface area contributed by atoms with E-state index in [0.717, 1.165) is 5.56 Å². The van der Waals surface area contributed by atoms with Crippen molar-refractivity contribution in [3.8, 4) is 0 Å². The molecular formula is C14H21N3O3. The Morgan fingerprint density at radius 1 is 1.25 bits per heavy atom. The van der Waals surface area contributed by atoms with Crippen LogP contribution in [0.15, 0.2) is 24.3 Å². The molecule has 0 aliphatic heterocycles. The first-order chi connectivity index (χ1) is 9.43. The molecule has 0 saturated heterocycles. The monoisotopic (exact) mass is 279 g/mol. The molecule has 3 amide bonds. The third kappa shape index (κ3) is 4.89. The molecule has 0 heterocycles. The van der Waals surface area contributed by atoms with E-state index < -0.39 is 6.03 Å². The van der Waals surface area contributed by atoms with Gasteiger partial charge in [-0.2, -0.15) is 0 Å². The predicted molar refractivity (Wildman–Crippen MR) is 76.0 cm³/mol. The summed E-state index contributed by atoms with van der Waals surface area (Å²) in [5.74, 6) is -0.0739. The third-order valence-electron chi connectivity index (χ3n) is 3.00. The van der Waals surface area contributed by atoms with Crippen LogP contribution in [0.3, 0.4) is 0 Å². The average molecular weight is 279 g/mol. The molecule has 0 aliphatic carbocycles. The van der Waals surface area contributed by atoms with Crippen LogP contribution in [0.1, 0.15) is 29.8 Å². The maximum atomic E-state index is 12.0. The van der Waals surface area contributed by atoms with Crippen LogP contribution < -0.4 is 16.4 Å². The van der Waals surface area contributed by atoms with E-state index in [-0.39, 0.29) is 24.5 Å². The molecule has 5 N–H and O–H groups in total. The van der Waals surface area contributed by atoms with E-state index in [2.05, 4.69) is 10.6 Å². The van der Waals surface area contributed by atoms with E-state index in [1.165, 1.54) is 0 Å². The molecule has 0 bridgehead atoms. The molecule has 0 radical (unpaired) electrons. The first-order valence-corrected chi connectivity index (χ1v) is 6.48. The van der Waals surface area contributed by atoms with E-state index in [4.69, 9.17) is 5.73 Å². The number of nitrogens with one attached hydrogen (secondary N) is 2. The summed E-state index contributed by atoms with van der Waals surface area (Å²) < 4.78 is 0. The molecule has 6 nitrogen and oxygen atoms in total. The largest absolute Gasteiger partial charge is 0.394 e. The lowest BCUT2D eigenvalue weighted by atomic mass is 10.0. The molecule has 6 heteroatoms. The summed E-state index contributed by atoms with van der Waals surface area (Å²) in [6.07, 6.45) is 0. The van der Waals surface area contributed by atoms with E-state index in [1.54, 1.807) is 24.3 Å². The summed E-state index contributed by atoms with van der Waals surface area (Å²) in [6.45, 7) is 4.09. The zero-order valence-corrected chi connectivity index (χ0v) is 11.7. The van der Waals surface area contributed by atoms with Crippen molar-refractivity contribution in [2.24, 2.45) is 11.7 Å². The molecule has 1 aromatic rings. The van der Waals surface area contributed by atoms with Crippen molar-refractivity contribution >= 4 is 11.9 Å². The van der Waals surface area contributed by atoms with Crippen molar-refractivity contribution in [3.63, 3.8) is 0 Å². The van der Waals surface area contributed by atoms with Gasteiger partial charge in [-0.3, -0.25) is 4.79 Å². The number of amides is 3. The zero-order chi connectivity index (χ0) is 15.1. The Kier molecular flexibility index (Phi) is 5.99. The van der Waals surface area contributed by atoms with Gasteiger partial charge in [0, 0.05) is 12.1 Å². The molecule has 0 fully saturated rings. The van der Waals surface area contributed by atoms with Gasteiger partial charge < -0.3 is 21.5 Å². The Morgan fingerprint density at radius 2 is 1.85 bits per heavy atom. The number of aliphatic hydroxyl groups excluding tert-OH is 1. The maximum Gasteiger partial charge on any atom is 0.312 e. The van der Waals surface area contributed by atoms with E-state index in [0.29, 0.717) is 12.1 Å². The molecule has 1 rings (SSSR count). The maximum absolute atomic E-state index is 12.0. The summed E-state index contributed by atoms with van der Waals surface area (Å²) in [5, 5.41) is 14.4. The van der Waals surface area contributed by atoms with Gasteiger partial charge in [-0.25, -0.2) is 4.79 Å². The molecule has 1 atom stereocenters. The number of urea groups is 1. The molecule has 0 spiro atoms. The SMILES string of the molecule is CC(C)[C@@H](CO)NC(=O)c1ccc(CNC(N)=O)cc1. The molecular weight excluding hydrogens is 258 g/mol. The van der Waals surface area contributed by atoms with Crippen molar-refractivity contribution in [3.05, 3.63) is 35.4 Å². The van der Waals surface area contributed by atoms with Crippen LogP contribution in [0.4, 0.5) is 4.79 Å². The number of benzene rings is 1. The summed E-state index contributed by atoms with van der Waals surface area (Å²) in [6, 6.07) is 5.97.